The molecule has 19 heavy (non-hydrogen) atoms. The predicted octanol–water partition coefficient (Wildman–Crippen LogP) is 3.72. The Morgan fingerprint density at radius 1 is 0.579 bits per heavy atom. The largest absolute Gasteiger partial charge is 0.382 e. The minimum atomic E-state index is 0.660. The van der Waals surface area contributed by atoms with E-state index in [4.69, 9.17) is 14.2 Å². The standard InChI is InChI=1S/C15H32O3S/c1-16-11-12-18-14-13-17-10-8-6-4-2-3-5-7-9-15-19/h19H,2-15H2,1H3. The second-order valence-electron chi connectivity index (χ2n) is 4.77. The molecule has 0 radical (unpaired) electrons. The van der Waals surface area contributed by atoms with Crippen LogP contribution >= 0.6 is 12.6 Å². The maximum Gasteiger partial charge on any atom is 0.0701 e. The van der Waals surface area contributed by atoms with E-state index in [1.54, 1.807) is 7.11 Å². The van der Waals surface area contributed by atoms with Gasteiger partial charge in [-0.25, -0.2) is 0 Å². The van der Waals surface area contributed by atoms with Crippen LogP contribution in [-0.4, -0.2) is 45.9 Å². The van der Waals surface area contributed by atoms with Gasteiger partial charge in [0, 0.05) is 13.7 Å². The first-order valence-electron chi connectivity index (χ1n) is 7.67. The van der Waals surface area contributed by atoms with E-state index >= 15 is 0 Å². The lowest BCUT2D eigenvalue weighted by Crippen LogP contribution is -2.08. The molecule has 0 fully saturated rings. The van der Waals surface area contributed by atoms with Crippen molar-refractivity contribution >= 4 is 12.6 Å². The summed E-state index contributed by atoms with van der Waals surface area (Å²) in [7, 11) is 1.68. The maximum absolute atomic E-state index is 5.50. The van der Waals surface area contributed by atoms with E-state index in [1.807, 2.05) is 0 Å². The number of unbranched alkanes of at least 4 members (excludes halogenated alkanes) is 7. The smallest absolute Gasteiger partial charge is 0.0701 e. The molecule has 0 rings (SSSR count). The fourth-order valence-corrected chi connectivity index (χ4v) is 2.06. The number of ether oxygens (including phenoxy) is 3. The lowest BCUT2D eigenvalue weighted by molar-refractivity contribution is 0.0239. The highest BCUT2D eigenvalue weighted by Gasteiger charge is 1.93. The van der Waals surface area contributed by atoms with E-state index in [2.05, 4.69) is 12.6 Å². The number of rotatable bonds is 16. The molecule has 0 aromatic carbocycles. The zero-order valence-electron chi connectivity index (χ0n) is 12.6. The average Bonchev–Trinajstić information content (AvgIpc) is 2.43. The van der Waals surface area contributed by atoms with Crippen LogP contribution in [-0.2, 0) is 14.2 Å². The van der Waals surface area contributed by atoms with Gasteiger partial charge in [0.05, 0.1) is 26.4 Å². The summed E-state index contributed by atoms with van der Waals surface area (Å²) < 4.78 is 15.7. The van der Waals surface area contributed by atoms with Crippen LogP contribution in [0.3, 0.4) is 0 Å². The van der Waals surface area contributed by atoms with Crippen LogP contribution in [0.1, 0.15) is 51.4 Å². The van der Waals surface area contributed by atoms with Gasteiger partial charge in [0.1, 0.15) is 0 Å². The van der Waals surface area contributed by atoms with Crippen LogP contribution in [0.5, 0.6) is 0 Å². The molecule has 0 atom stereocenters. The van der Waals surface area contributed by atoms with Gasteiger partial charge >= 0.3 is 0 Å². The van der Waals surface area contributed by atoms with E-state index in [0.717, 1.165) is 12.4 Å². The van der Waals surface area contributed by atoms with Crippen molar-refractivity contribution in [1.82, 2.24) is 0 Å². The molecule has 0 aromatic rings. The van der Waals surface area contributed by atoms with Gasteiger partial charge in [0.2, 0.25) is 0 Å². The van der Waals surface area contributed by atoms with Crippen LogP contribution in [0.15, 0.2) is 0 Å². The molecule has 0 saturated heterocycles. The first-order valence-corrected chi connectivity index (χ1v) is 8.30. The Bertz CT molecular complexity index is 140. The predicted molar refractivity (Wildman–Crippen MR) is 84.3 cm³/mol. The molecule has 0 aromatic heterocycles. The van der Waals surface area contributed by atoms with Crippen molar-refractivity contribution in [2.24, 2.45) is 0 Å². The highest BCUT2D eigenvalue weighted by Crippen LogP contribution is 2.08. The molecule has 0 saturated carbocycles. The summed E-state index contributed by atoms with van der Waals surface area (Å²) in [5.41, 5.74) is 0. The molecule has 0 unspecified atom stereocenters. The van der Waals surface area contributed by atoms with Crippen LogP contribution in [0, 0.1) is 0 Å². The molecule has 0 bridgehead atoms. The second kappa shape index (κ2) is 18.2. The third kappa shape index (κ3) is 18.2. The molecule has 0 N–H and O–H groups in total. The summed E-state index contributed by atoms with van der Waals surface area (Å²) in [4.78, 5) is 0. The highest BCUT2D eigenvalue weighted by atomic mass is 32.1. The summed E-state index contributed by atoms with van der Waals surface area (Å²) in [5, 5.41) is 0. The van der Waals surface area contributed by atoms with Crippen LogP contribution < -0.4 is 0 Å². The van der Waals surface area contributed by atoms with Gasteiger partial charge in [0.25, 0.3) is 0 Å². The molecule has 0 spiro atoms. The van der Waals surface area contributed by atoms with Gasteiger partial charge in [-0.3, -0.25) is 0 Å². The molecule has 4 heteroatoms. The van der Waals surface area contributed by atoms with Crippen molar-refractivity contribution < 1.29 is 14.2 Å². The van der Waals surface area contributed by atoms with Crippen LogP contribution in [0.2, 0.25) is 0 Å². The SMILES string of the molecule is COCCOCCOCCCCCCCCCCS. The fourth-order valence-electron chi connectivity index (χ4n) is 1.84. The Hall–Kier alpha value is 0.230. The summed E-state index contributed by atoms with van der Waals surface area (Å²) >= 11 is 4.21. The van der Waals surface area contributed by atoms with Crippen molar-refractivity contribution in [2.45, 2.75) is 51.4 Å². The number of hydrogen-bond acceptors (Lipinski definition) is 4. The third-order valence-corrected chi connectivity index (χ3v) is 3.32. The van der Waals surface area contributed by atoms with E-state index in [1.165, 1.54) is 51.4 Å². The number of methoxy groups -OCH3 is 1. The molecule has 0 heterocycles. The van der Waals surface area contributed by atoms with E-state index in [9.17, 15) is 0 Å². The Labute approximate surface area is 124 Å². The van der Waals surface area contributed by atoms with Gasteiger partial charge < -0.3 is 14.2 Å². The maximum atomic E-state index is 5.50. The molecule has 0 aliphatic carbocycles. The van der Waals surface area contributed by atoms with Crippen molar-refractivity contribution in [3.05, 3.63) is 0 Å². The Kier molecular flexibility index (Phi) is 18.5. The zero-order valence-corrected chi connectivity index (χ0v) is 13.5. The van der Waals surface area contributed by atoms with Gasteiger partial charge in [-0.1, -0.05) is 38.5 Å². The average molecular weight is 292 g/mol. The number of hydrogen-bond donors (Lipinski definition) is 1. The minimum absolute atomic E-state index is 0.660. The lowest BCUT2D eigenvalue weighted by atomic mass is 10.1. The summed E-state index contributed by atoms with van der Waals surface area (Å²) in [6.07, 6.45) is 10.5. The van der Waals surface area contributed by atoms with Crippen LogP contribution in [0.4, 0.5) is 0 Å². The lowest BCUT2D eigenvalue weighted by Gasteiger charge is -2.05. The van der Waals surface area contributed by atoms with Gasteiger partial charge in [-0.15, -0.1) is 0 Å². The second-order valence-corrected chi connectivity index (χ2v) is 5.22. The van der Waals surface area contributed by atoms with Crippen molar-refractivity contribution in [1.29, 1.82) is 0 Å². The quantitative estimate of drug-likeness (QED) is 0.347. The highest BCUT2D eigenvalue weighted by molar-refractivity contribution is 7.80. The fraction of sp³-hybridized carbons (Fsp3) is 1.00. The third-order valence-electron chi connectivity index (χ3n) is 3.00. The number of thiol groups is 1. The first kappa shape index (κ1) is 19.2. The molecule has 0 aliphatic rings. The van der Waals surface area contributed by atoms with Gasteiger partial charge in [-0.2, -0.15) is 12.6 Å². The minimum Gasteiger partial charge on any atom is -0.382 e. The molecule has 116 valence electrons. The van der Waals surface area contributed by atoms with Crippen molar-refractivity contribution in [3.63, 3.8) is 0 Å². The van der Waals surface area contributed by atoms with E-state index in [-0.39, 0.29) is 0 Å². The van der Waals surface area contributed by atoms with Crippen molar-refractivity contribution in [2.75, 3.05) is 45.9 Å². The molecular weight excluding hydrogens is 260 g/mol. The summed E-state index contributed by atoms with van der Waals surface area (Å²) in [6.45, 7) is 3.57. The molecule has 0 amide bonds. The topological polar surface area (TPSA) is 27.7 Å². The monoisotopic (exact) mass is 292 g/mol. The summed E-state index contributed by atoms with van der Waals surface area (Å²) in [5.74, 6) is 1.03. The molecule has 3 nitrogen and oxygen atoms in total. The molecule has 0 aliphatic heterocycles. The van der Waals surface area contributed by atoms with Crippen LogP contribution in [0.25, 0.3) is 0 Å². The van der Waals surface area contributed by atoms with Gasteiger partial charge in [0.15, 0.2) is 0 Å². The summed E-state index contributed by atoms with van der Waals surface area (Å²) in [6, 6.07) is 0. The van der Waals surface area contributed by atoms with Gasteiger partial charge in [-0.05, 0) is 18.6 Å². The normalized spacial score (nSPS) is 11.1. The Morgan fingerprint density at radius 2 is 1.05 bits per heavy atom. The van der Waals surface area contributed by atoms with E-state index < -0.39 is 0 Å². The van der Waals surface area contributed by atoms with Crippen molar-refractivity contribution in [3.8, 4) is 0 Å². The zero-order chi connectivity index (χ0) is 14.0. The van der Waals surface area contributed by atoms with E-state index in [0.29, 0.717) is 26.4 Å². The Balaban J connectivity index is 2.88. The Morgan fingerprint density at radius 3 is 1.63 bits per heavy atom. The molecular formula is C15H32O3S. The first-order chi connectivity index (χ1) is 9.41.